The zero-order valence-corrected chi connectivity index (χ0v) is 16.1. The molecule has 1 atom stereocenters. The largest absolute Gasteiger partial charge is 0.460 e. The van der Waals surface area contributed by atoms with Crippen molar-refractivity contribution in [1.29, 1.82) is 0 Å². The van der Waals surface area contributed by atoms with Crippen LogP contribution in [-0.2, 0) is 9.53 Å². The Kier molecular flexibility index (Phi) is 4.77. The highest BCUT2D eigenvalue weighted by Crippen LogP contribution is 2.41. The third-order valence-corrected chi connectivity index (χ3v) is 5.78. The number of rotatable bonds is 3. The maximum Gasteiger partial charge on any atom is 0.312 e. The number of halogens is 1. The van der Waals surface area contributed by atoms with Crippen molar-refractivity contribution < 1.29 is 18.7 Å². The first-order chi connectivity index (χ1) is 13.0. The summed E-state index contributed by atoms with van der Waals surface area (Å²) in [6.45, 7) is 1.79. The number of carbonyl (C=O) groups is 2. The molecule has 0 saturated carbocycles. The number of amides is 1. The molecule has 2 aliphatic rings. The van der Waals surface area contributed by atoms with Gasteiger partial charge in [-0.2, -0.15) is 0 Å². The van der Waals surface area contributed by atoms with Gasteiger partial charge in [-0.15, -0.1) is 0 Å². The molecule has 1 amide bonds. The Morgan fingerprint density at radius 1 is 1.26 bits per heavy atom. The van der Waals surface area contributed by atoms with Gasteiger partial charge in [0.25, 0.3) is 5.91 Å². The van der Waals surface area contributed by atoms with E-state index in [-0.39, 0.29) is 29.8 Å². The summed E-state index contributed by atoms with van der Waals surface area (Å²) in [5, 5.41) is 6.37. The van der Waals surface area contributed by atoms with Crippen LogP contribution >= 0.6 is 15.9 Å². The first-order valence-corrected chi connectivity index (χ1v) is 9.70. The van der Waals surface area contributed by atoms with Crippen molar-refractivity contribution in [3.8, 4) is 0 Å². The number of esters is 1. The zero-order valence-electron chi connectivity index (χ0n) is 14.5. The van der Waals surface area contributed by atoms with Gasteiger partial charge < -0.3 is 19.8 Å². The van der Waals surface area contributed by atoms with Crippen molar-refractivity contribution >= 4 is 38.8 Å². The van der Waals surface area contributed by atoms with Crippen LogP contribution in [0.2, 0.25) is 0 Å². The predicted molar refractivity (Wildman–Crippen MR) is 102 cm³/mol. The van der Waals surface area contributed by atoms with Gasteiger partial charge in [0, 0.05) is 17.0 Å². The zero-order chi connectivity index (χ0) is 19.0. The predicted octanol–water partition coefficient (Wildman–Crippen LogP) is 1.97. The van der Waals surface area contributed by atoms with Crippen molar-refractivity contribution in [3.05, 3.63) is 44.7 Å². The number of benzene rings is 1. The van der Waals surface area contributed by atoms with Crippen LogP contribution in [0, 0.1) is 5.41 Å². The lowest BCUT2D eigenvalue weighted by molar-refractivity contribution is -0.149. The highest BCUT2D eigenvalue weighted by atomic mass is 79.9. The average Bonchev–Trinajstić information content (AvgIpc) is 2.94. The fraction of sp³-hybridized carbons (Fsp3) is 0.421. The summed E-state index contributed by atoms with van der Waals surface area (Å²) >= 11 is 3.32. The Labute approximate surface area is 163 Å². The third-order valence-electron chi connectivity index (χ3n) is 5.29. The van der Waals surface area contributed by atoms with Crippen LogP contribution in [-0.4, -0.2) is 37.6 Å². The topological polar surface area (TPSA) is 97.6 Å². The molecule has 2 fully saturated rings. The second-order valence-corrected chi connectivity index (χ2v) is 8.00. The standard InChI is InChI=1S/C19H19BrN2O5/c20-11-1-2-13-14(23)8-16(27-15(13)7-11)17(24)22-10-12-9-19(18(25)26-12)3-5-21-6-4-19/h1-2,7-8,12,21H,3-6,9-10H2,(H,22,24). The molecule has 2 aliphatic heterocycles. The normalized spacial score (nSPS) is 21.4. The summed E-state index contributed by atoms with van der Waals surface area (Å²) < 4.78 is 11.8. The fourth-order valence-electron chi connectivity index (χ4n) is 3.80. The highest BCUT2D eigenvalue weighted by Gasteiger charge is 2.49. The third kappa shape index (κ3) is 3.51. The quantitative estimate of drug-likeness (QED) is 0.716. The molecule has 1 spiro atoms. The number of hydrogen-bond donors (Lipinski definition) is 2. The molecule has 2 saturated heterocycles. The Hall–Kier alpha value is -2.19. The van der Waals surface area contributed by atoms with Gasteiger partial charge in [0.15, 0.2) is 11.2 Å². The Morgan fingerprint density at radius 3 is 2.81 bits per heavy atom. The van der Waals surface area contributed by atoms with Gasteiger partial charge in [0.1, 0.15) is 11.7 Å². The molecule has 7 nitrogen and oxygen atoms in total. The summed E-state index contributed by atoms with van der Waals surface area (Å²) in [6.07, 6.45) is 1.75. The van der Waals surface area contributed by atoms with Crippen molar-refractivity contribution in [2.24, 2.45) is 5.41 Å². The molecule has 1 aromatic heterocycles. The van der Waals surface area contributed by atoms with Crippen LogP contribution < -0.4 is 16.1 Å². The maximum absolute atomic E-state index is 12.4. The molecule has 142 valence electrons. The number of fused-ring (bicyclic) bond motifs is 1. The molecular weight excluding hydrogens is 416 g/mol. The first kappa shape index (κ1) is 18.2. The number of cyclic esters (lactones) is 1. The van der Waals surface area contributed by atoms with Gasteiger partial charge >= 0.3 is 5.97 Å². The van der Waals surface area contributed by atoms with E-state index in [2.05, 4.69) is 26.6 Å². The summed E-state index contributed by atoms with van der Waals surface area (Å²) in [4.78, 5) is 36.9. The number of ether oxygens (including phenoxy) is 1. The first-order valence-electron chi connectivity index (χ1n) is 8.90. The number of hydrogen-bond acceptors (Lipinski definition) is 6. The van der Waals surface area contributed by atoms with Crippen molar-refractivity contribution in [1.82, 2.24) is 10.6 Å². The number of nitrogens with one attached hydrogen (secondary N) is 2. The molecule has 2 N–H and O–H groups in total. The van der Waals surface area contributed by atoms with E-state index >= 15 is 0 Å². The van der Waals surface area contributed by atoms with E-state index in [1.54, 1.807) is 18.2 Å². The second kappa shape index (κ2) is 7.09. The molecule has 8 heteroatoms. The maximum atomic E-state index is 12.4. The van der Waals surface area contributed by atoms with E-state index in [9.17, 15) is 14.4 Å². The molecule has 0 aliphatic carbocycles. The summed E-state index contributed by atoms with van der Waals surface area (Å²) in [7, 11) is 0. The van der Waals surface area contributed by atoms with Crippen molar-refractivity contribution in [2.75, 3.05) is 19.6 Å². The minimum Gasteiger partial charge on any atom is -0.460 e. The summed E-state index contributed by atoms with van der Waals surface area (Å²) in [5.74, 6) is -0.742. The van der Waals surface area contributed by atoms with Crippen molar-refractivity contribution in [2.45, 2.75) is 25.4 Å². The van der Waals surface area contributed by atoms with E-state index in [0.29, 0.717) is 17.4 Å². The van der Waals surface area contributed by atoms with E-state index in [1.165, 1.54) is 6.07 Å². The Morgan fingerprint density at radius 2 is 2.04 bits per heavy atom. The molecule has 0 bridgehead atoms. The van der Waals surface area contributed by atoms with Gasteiger partial charge in [-0.3, -0.25) is 14.4 Å². The average molecular weight is 435 g/mol. The van der Waals surface area contributed by atoms with Crippen LogP contribution in [0.3, 0.4) is 0 Å². The van der Waals surface area contributed by atoms with Crippen LogP contribution in [0.15, 0.2) is 37.9 Å². The second-order valence-electron chi connectivity index (χ2n) is 7.09. The van der Waals surface area contributed by atoms with Crippen LogP contribution in [0.5, 0.6) is 0 Å². The molecule has 2 aromatic rings. The molecule has 27 heavy (non-hydrogen) atoms. The van der Waals surface area contributed by atoms with Gasteiger partial charge in [-0.05, 0) is 44.1 Å². The monoisotopic (exact) mass is 434 g/mol. The smallest absolute Gasteiger partial charge is 0.312 e. The molecule has 1 unspecified atom stereocenters. The molecule has 3 heterocycles. The summed E-state index contributed by atoms with van der Waals surface area (Å²) in [6, 6.07) is 6.21. The Bertz CT molecular complexity index is 964. The SMILES string of the molecule is O=C(NCC1CC2(CCNCC2)C(=O)O1)c1cc(=O)c2ccc(Br)cc2o1. The van der Waals surface area contributed by atoms with E-state index < -0.39 is 11.3 Å². The van der Waals surface area contributed by atoms with E-state index in [4.69, 9.17) is 9.15 Å². The molecule has 0 radical (unpaired) electrons. The molecular formula is C19H19BrN2O5. The molecule has 4 rings (SSSR count). The van der Waals surface area contributed by atoms with E-state index in [1.807, 2.05) is 0 Å². The van der Waals surface area contributed by atoms with E-state index in [0.717, 1.165) is 30.4 Å². The lowest BCUT2D eigenvalue weighted by atomic mass is 9.76. The fourth-order valence-corrected chi connectivity index (χ4v) is 4.14. The number of piperidine rings is 1. The van der Waals surface area contributed by atoms with Crippen LogP contribution in [0.4, 0.5) is 0 Å². The minimum atomic E-state index is -0.503. The summed E-state index contributed by atoms with van der Waals surface area (Å²) in [5.41, 5.74) is -0.375. The number of carbonyl (C=O) groups excluding carboxylic acids is 2. The lowest BCUT2D eigenvalue weighted by Gasteiger charge is -2.29. The highest BCUT2D eigenvalue weighted by molar-refractivity contribution is 9.10. The van der Waals surface area contributed by atoms with Crippen molar-refractivity contribution in [3.63, 3.8) is 0 Å². The van der Waals surface area contributed by atoms with Gasteiger partial charge in [0.05, 0.1) is 17.3 Å². The molecule has 1 aromatic carbocycles. The lowest BCUT2D eigenvalue weighted by Crippen LogP contribution is -2.39. The van der Waals surface area contributed by atoms with Gasteiger partial charge in [-0.25, -0.2) is 0 Å². The Balaban J connectivity index is 1.45. The van der Waals surface area contributed by atoms with Crippen LogP contribution in [0.25, 0.3) is 11.0 Å². The van der Waals surface area contributed by atoms with Gasteiger partial charge in [-0.1, -0.05) is 15.9 Å². The van der Waals surface area contributed by atoms with Gasteiger partial charge in [0.2, 0.25) is 0 Å². The van der Waals surface area contributed by atoms with Crippen LogP contribution in [0.1, 0.15) is 29.8 Å². The minimum absolute atomic E-state index is 0.0634.